The van der Waals surface area contributed by atoms with Crippen molar-refractivity contribution in [1.29, 1.82) is 0 Å². The van der Waals surface area contributed by atoms with Crippen molar-refractivity contribution in [3.63, 3.8) is 0 Å². The number of ketones is 1. The summed E-state index contributed by atoms with van der Waals surface area (Å²) in [7, 11) is 0. The van der Waals surface area contributed by atoms with Gasteiger partial charge in [-0.3, -0.25) is 4.79 Å². The van der Waals surface area contributed by atoms with Gasteiger partial charge in [-0.25, -0.2) is 0 Å². The van der Waals surface area contributed by atoms with Crippen molar-refractivity contribution in [3.8, 4) is 0 Å². The van der Waals surface area contributed by atoms with Crippen LogP contribution in [0.25, 0.3) is 0 Å². The molecule has 0 amide bonds. The quantitative estimate of drug-likeness (QED) is 0.831. The molecule has 1 fully saturated rings. The van der Waals surface area contributed by atoms with Gasteiger partial charge in [0.2, 0.25) is 0 Å². The molecule has 4 nitrogen and oxygen atoms in total. The molecule has 0 bridgehead atoms. The summed E-state index contributed by atoms with van der Waals surface area (Å²) >= 11 is 0. The molecule has 88 valence electrons. The lowest BCUT2D eigenvalue weighted by molar-refractivity contribution is -0.132. The van der Waals surface area contributed by atoms with Gasteiger partial charge in [-0.05, 0) is 24.5 Å². The highest BCUT2D eigenvalue weighted by atomic mass is 16.5. The van der Waals surface area contributed by atoms with Crippen LogP contribution in [-0.2, 0) is 16.0 Å². The largest absolute Gasteiger partial charge is 0.472 e. The third-order valence-electron chi connectivity index (χ3n) is 3.38. The SMILES string of the molecule is NCC1(C(=O)Cc2ccoc2)CCOCC1. The minimum absolute atomic E-state index is 0.208. The molecular formula is C12H17NO3. The van der Waals surface area contributed by atoms with Gasteiger partial charge in [-0.15, -0.1) is 0 Å². The third kappa shape index (κ3) is 2.18. The highest BCUT2D eigenvalue weighted by Gasteiger charge is 2.38. The monoisotopic (exact) mass is 223 g/mol. The van der Waals surface area contributed by atoms with Crippen LogP contribution in [0.15, 0.2) is 23.0 Å². The Hall–Kier alpha value is -1.13. The van der Waals surface area contributed by atoms with E-state index in [4.69, 9.17) is 14.9 Å². The van der Waals surface area contributed by atoms with Crippen molar-refractivity contribution >= 4 is 5.78 Å². The summed E-state index contributed by atoms with van der Waals surface area (Å²) < 4.78 is 10.2. The number of Topliss-reactive ketones (excluding diaryl/α,β-unsaturated/α-hetero) is 1. The fourth-order valence-corrected chi connectivity index (χ4v) is 2.13. The molecular weight excluding hydrogens is 206 g/mol. The van der Waals surface area contributed by atoms with Crippen molar-refractivity contribution in [3.05, 3.63) is 24.2 Å². The molecule has 1 aliphatic rings. The van der Waals surface area contributed by atoms with E-state index in [-0.39, 0.29) is 11.2 Å². The lowest BCUT2D eigenvalue weighted by Gasteiger charge is -2.34. The Kier molecular flexibility index (Phi) is 3.41. The number of hydrogen-bond donors (Lipinski definition) is 1. The van der Waals surface area contributed by atoms with Crippen LogP contribution in [0.5, 0.6) is 0 Å². The Morgan fingerprint density at radius 1 is 1.44 bits per heavy atom. The molecule has 1 aromatic rings. The summed E-state index contributed by atoms with van der Waals surface area (Å²) in [6.45, 7) is 1.68. The highest BCUT2D eigenvalue weighted by Crippen LogP contribution is 2.31. The molecule has 2 rings (SSSR count). The first-order valence-corrected chi connectivity index (χ1v) is 5.59. The maximum absolute atomic E-state index is 12.2. The van der Waals surface area contributed by atoms with E-state index >= 15 is 0 Å². The van der Waals surface area contributed by atoms with Gasteiger partial charge in [-0.2, -0.15) is 0 Å². The van der Waals surface area contributed by atoms with E-state index in [1.54, 1.807) is 12.5 Å². The Morgan fingerprint density at radius 2 is 2.19 bits per heavy atom. The van der Waals surface area contributed by atoms with Crippen LogP contribution in [0.2, 0.25) is 0 Å². The van der Waals surface area contributed by atoms with E-state index in [0.29, 0.717) is 26.2 Å². The molecule has 4 heteroatoms. The Morgan fingerprint density at radius 3 is 2.75 bits per heavy atom. The van der Waals surface area contributed by atoms with Crippen molar-refractivity contribution in [2.24, 2.45) is 11.1 Å². The van der Waals surface area contributed by atoms with Gasteiger partial charge in [0.05, 0.1) is 12.5 Å². The maximum atomic E-state index is 12.2. The van der Waals surface area contributed by atoms with Crippen LogP contribution in [0.1, 0.15) is 18.4 Å². The zero-order chi connectivity index (χ0) is 11.4. The summed E-state index contributed by atoms with van der Waals surface area (Å²) in [6, 6.07) is 1.82. The van der Waals surface area contributed by atoms with E-state index in [1.165, 1.54) is 0 Å². The van der Waals surface area contributed by atoms with Crippen LogP contribution in [-0.4, -0.2) is 25.5 Å². The number of furan rings is 1. The maximum Gasteiger partial charge on any atom is 0.144 e. The van der Waals surface area contributed by atoms with Gasteiger partial charge in [0.25, 0.3) is 0 Å². The molecule has 1 saturated heterocycles. The average molecular weight is 223 g/mol. The highest BCUT2D eigenvalue weighted by molar-refractivity contribution is 5.87. The molecule has 2 heterocycles. The van der Waals surface area contributed by atoms with Gasteiger partial charge < -0.3 is 14.9 Å². The average Bonchev–Trinajstić information content (AvgIpc) is 2.82. The molecule has 0 saturated carbocycles. The molecule has 1 aliphatic heterocycles. The van der Waals surface area contributed by atoms with E-state index in [9.17, 15) is 4.79 Å². The zero-order valence-corrected chi connectivity index (χ0v) is 9.28. The summed E-state index contributed by atoms with van der Waals surface area (Å²) in [5.41, 5.74) is 6.31. The molecule has 2 N–H and O–H groups in total. The number of nitrogens with two attached hydrogens (primary N) is 1. The number of ether oxygens (including phenoxy) is 1. The van der Waals surface area contributed by atoms with E-state index in [0.717, 1.165) is 18.4 Å². The second-order valence-electron chi connectivity index (χ2n) is 4.33. The molecule has 0 unspecified atom stereocenters. The fourth-order valence-electron chi connectivity index (χ4n) is 2.13. The number of hydrogen-bond acceptors (Lipinski definition) is 4. The zero-order valence-electron chi connectivity index (χ0n) is 9.28. The number of rotatable bonds is 4. The van der Waals surface area contributed by atoms with Crippen LogP contribution >= 0.6 is 0 Å². The van der Waals surface area contributed by atoms with Gasteiger partial charge >= 0.3 is 0 Å². The van der Waals surface area contributed by atoms with Crippen molar-refractivity contribution < 1.29 is 13.9 Å². The first-order chi connectivity index (χ1) is 7.77. The van der Waals surface area contributed by atoms with Crippen molar-refractivity contribution in [2.75, 3.05) is 19.8 Å². The normalized spacial score (nSPS) is 19.6. The van der Waals surface area contributed by atoms with Crippen molar-refractivity contribution in [1.82, 2.24) is 0 Å². The van der Waals surface area contributed by atoms with Gasteiger partial charge in [0.1, 0.15) is 5.78 Å². The predicted octanol–water partition coefficient (Wildman–Crippen LogP) is 1.15. The smallest absolute Gasteiger partial charge is 0.144 e. The third-order valence-corrected chi connectivity index (χ3v) is 3.38. The summed E-state index contributed by atoms with van der Waals surface area (Å²) in [5.74, 6) is 0.208. The molecule has 1 aromatic heterocycles. The summed E-state index contributed by atoms with van der Waals surface area (Å²) in [5, 5.41) is 0. The molecule has 0 aliphatic carbocycles. The first kappa shape index (κ1) is 11.4. The number of carbonyl (C=O) groups is 1. The first-order valence-electron chi connectivity index (χ1n) is 5.59. The Labute approximate surface area is 94.8 Å². The van der Waals surface area contributed by atoms with Gasteiger partial charge in [0.15, 0.2) is 0 Å². The molecule has 0 radical (unpaired) electrons. The minimum atomic E-state index is -0.379. The molecule has 0 atom stereocenters. The number of carbonyl (C=O) groups excluding carboxylic acids is 1. The van der Waals surface area contributed by atoms with E-state index in [2.05, 4.69) is 0 Å². The fraction of sp³-hybridized carbons (Fsp3) is 0.583. The second-order valence-corrected chi connectivity index (χ2v) is 4.33. The Bertz CT molecular complexity index is 339. The second kappa shape index (κ2) is 4.80. The standard InChI is InChI=1S/C12H17NO3/c13-9-12(2-5-15-6-3-12)11(14)7-10-1-4-16-8-10/h1,4,8H,2-3,5-7,9,13H2. The van der Waals surface area contributed by atoms with Gasteiger partial charge in [-0.1, -0.05) is 0 Å². The van der Waals surface area contributed by atoms with Crippen LogP contribution in [0.4, 0.5) is 0 Å². The molecule has 0 aromatic carbocycles. The minimum Gasteiger partial charge on any atom is -0.472 e. The topological polar surface area (TPSA) is 65.5 Å². The van der Waals surface area contributed by atoms with Crippen LogP contribution < -0.4 is 5.73 Å². The Balaban J connectivity index is 2.06. The molecule has 16 heavy (non-hydrogen) atoms. The summed E-state index contributed by atoms with van der Waals surface area (Å²) in [6.07, 6.45) is 5.08. The van der Waals surface area contributed by atoms with Crippen LogP contribution in [0, 0.1) is 5.41 Å². The lowest BCUT2D eigenvalue weighted by Crippen LogP contribution is -2.44. The lowest BCUT2D eigenvalue weighted by atomic mass is 9.75. The molecule has 0 spiro atoms. The van der Waals surface area contributed by atoms with E-state index in [1.807, 2.05) is 6.07 Å². The van der Waals surface area contributed by atoms with Crippen molar-refractivity contribution in [2.45, 2.75) is 19.3 Å². The summed E-state index contributed by atoms with van der Waals surface area (Å²) in [4.78, 5) is 12.2. The van der Waals surface area contributed by atoms with E-state index < -0.39 is 0 Å². The van der Waals surface area contributed by atoms with Gasteiger partial charge in [0, 0.05) is 31.6 Å². The van der Waals surface area contributed by atoms with Crippen LogP contribution in [0.3, 0.4) is 0 Å². The predicted molar refractivity (Wildman–Crippen MR) is 59.0 cm³/mol.